The minimum Gasteiger partial charge on any atom is -0.462 e. The molecule has 1 aromatic carbocycles. The van der Waals surface area contributed by atoms with Crippen LogP contribution in [0.5, 0.6) is 0 Å². The highest BCUT2D eigenvalue weighted by Crippen LogP contribution is 2.33. The molecule has 3 aromatic rings. The summed E-state index contributed by atoms with van der Waals surface area (Å²) in [4.78, 5) is 17.1. The van der Waals surface area contributed by atoms with E-state index >= 15 is 0 Å². The van der Waals surface area contributed by atoms with Gasteiger partial charge in [-0.2, -0.15) is 5.26 Å². The van der Waals surface area contributed by atoms with E-state index in [4.69, 9.17) is 4.74 Å². The fourth-order valence-electron chi connectivity index (χ4n) is 3.07. The summed E-state index contributed by atoms with van der Waals surface area (Å²) in [5.74, 6) is -0.339. The zero-order valence-corrected chi connectivity index (χ0v) is 17.1. The number of thiazole rings is 1. The molecule has 0 unspecified atom stereocenters. The third-order valence-electron chi connectivity index (χ3n) is 4.15. The maximum atomic E-state index is 12.1. The predicted molar refractivity (Wildman–Crippen MR) is 108 cm³/mol. The quantitative estimate of drug-likeness (QED) is 0.585. The summed E-state index contributed by atoms with van der Waals surface area (Å²) in [5, 5.41) is 11.2. The Hall–Kier alpha value is -2.65. The Morgan fingerprint density at radius 2 is 2.11 bits per heavy atom. The van der Waals surface area contributed by atoms with Gasteiger partial charge in [0, 0.05) is 29.2 Å². The van der Waals surface area contributed by atoms with E-state index in [1.165, 1.54) is 11.3 Å². The van der Waals surface area contributed by atoms with Gasteiger partial charge in [0.2, 0.25) is 0 Å². The molecule has 0 aliphatic heterocycles. The fraction of sp³-hybridized carbons (Fsp3) is 0.381. The lowest BCUT2D eigenvalue weighted by molar-refractivity contribution is 0.0531. The Bertz CT molecular complexity index is 1050. The first kappa shape index (κ1) is 19.1. The molecule has 2 heterocycles. The van der Waals surface area contributed by atoms with Crippen molar-refractivity contribution >= 4 is 28.2 Å². The molecule has 0 N–H and O–H groups in total. The van der Waals surface area contributed by atoms with Crippen LogP contribution in [0, 0.1) is 23.7 Å². The molecule has 6 heteroatoms. The largest absolute Gasteiger partial charge is 0.462 e. The van der Waals surface area contributed by atoms with Crippen LogP contribution in [0.1, 0.15) is 48.6 Å². The van der Waals surface area contributed by atoms with E-state index in [9.17, 15) is 10.1 Å². The lowest BCUT2D eigenvalue weighted by atomic mass is 9.97. The number of carbonyl (C=O) groups is 1. The molecule has 0 radical (unpaired) electrons. The van der Waals surface area contributed by atoms with Crippen LogP contribution >= 0.6 is 11.3 Å². The van der Waals surface area contributed by atoms with Crippen molar-refractivity contribution in [2.24, 2.45) is 5.41 Å². The highest BCUT2D eigenvalue weighted by Gasteiger charge is 2.19. The average molecular weight is 382 g/mol. The zero-order chi connectivity index (χ0) is 19.8. The standard InChI is InChI=1S/C21H23N3O2S/c1-6-26-20(25)18-13(2)23-19(27-18)14-7-8-17-16(9-14)15(10-22)11-24(17)12-21(3,4)5/h7-9,11H,6,12H2,1-5H3. The van der Waals surface area contributed by atoms with Gasteiger partial charge in [-0.25, -0.2) is 9.78 Å². The van der Waals surface area contributed by atoms with E-state index in [2.05, 4.69) is 36.4 Å². The van der Waals surface area contributed by atoms with Gasteiger partial charge in [-0.15, -0.1) is 11.3 Å². The SMILES string of the molecule is CCOC(=O)c1sc(-c2ccc3c(c2)c(C#N)cn3CC(C)(C)C)nc1C. The van der Waals surface area contributed by atoms with Crippen molar-refractivity contribution < 1.29 is 9.53 Å². The van der Waals surface area contributed by atoms with Gasteiger partial charge in [0.15, 0.2) is 0 Å². The van der Waals surface area contributed by atoms with Crippen LogP contribution in [0.3, 0.4) is 0 Å². The summed E-state index contributed by atoms with van der Waals surface area (Å²) in [6.07, 6.45) is 1.91. The molecule has 0 saturated heterocycles. The van der Waals surface area contributed by atoms with Crippen molar-refractivity contribution in [1.82, 2.24) is 9.55 Å². The molecule has 0 aliphatic carbocycles. The van der Waals surface area contributed by atoms with Crippen molar-refractivity contribution in [3.63, 3.8) is 0 Å². The number of aryl methyl sites for hydroxylation is 1. The molecule has 0 bridgehead atoms. The Morgan fingerprint density at radius 1 is 1.37 bits per heavy atom. The molecule has 0 amide bonds. The Labute approximate surface area is 163 Å². The second-order valence-corrected chi connectivity index (χ2v) is 8.73. The number of nitriles is 1. The van der Waals surface area contributed by atoms with Gasteiger partial charge in [-0.3, -0.25) is 0 Å². The maximum absolute atomic E-state index is 12.1. The minimum absolute atomic E-state index is 0.109. The van der Waals surface area contributed by atoms with Crippen molar-refractivity contribution in [2.75, 3.05) is 6.61 Å². The summed E-state index contributed by atoms with van der Waals surface area (Å²) in [6, 6.07) is 8.30. The number of hydrogen-bond donors (Lipinski definition) is 0. The van der Waals surface area contributed by atoms with Crippen molar-refractivity contribution in [3.8, 4) is 16.6 Å². The highest BCUT2D eigenvalue weighted by molar-refractivity contribution is 7.17. The molecule has 0 atom stereocenters. The molecule has 0 saturated carbocycles. The third-order valence-corrected chi connectivity index (χ3v) is 5.34. The van der Waals surface area contributed by atoms with Gasteiger partial charge < -0.3 is 9.30 Å². The summed E-state index contributed by atoms with van der Waals surface area (Å²) in [5.41, 5.74) is 3.35. The molecule has 5 nitrogen and oxygen atoms in total. The average Bonchev–Trinajstić information content (AvgIpc) is 3.14. The Balaban J connectivity index is 2.06. The number of esters is 1. The topological polar surface area (TPSA) is 67.9 Å². The molecule has 140 valence electrons. The van der Waals surface area contributed by atoms with Crippen LogP contribution in [-0.4, -0.2) is 22.1 Å². The molecular weight excluding hydrogens is 358 g/mol. The van der Waals surface area contributed by atoms with Crippen LogP contribution in [0.25, 0.3) is 21.5 Å². The van der Waals surface area contributed by atoms with E-state index in [0.29, 0.717) is 22.7 Å². The minimum atomic E-state index is -0.339. The van der Waals surface area contributed by atoms with Crippen LogP contribution < -0.4 is 0 Å². The normalized spacial score (nSPS) is 11.6. The third kappa shape index (κ3) is 3.88. The molecule has 2 aromatic heterocycles. The first-order chi connectivity index (χ1) is 12.7. The summed E-state index contributed by atoms with van der Waals surface area (Å²) < 4.78 is 7.23. The highest BCUT2D eigenvalue weighted by atomic mass is 32.1. The van der Waals surface area contributed by atoms with Crippen molar-refractivity contribution in [1.29, 1.82) is 5.26 Å². The zero-order valence-electron chi connectivity index (χ0n) is 16.3. The summed E-state index contributed by atoms with van der Waals surface area (Å²) in [7, 11) is 0. The number of ether oxygens (including phenoxy) is 1. The van der Waals surface area contributed by atoms with Gasteiger partial charge in [0.05, 0.1) is 17.9 Å². The molecule has 3 rings (SSSR count). The number of fused-ring (bicyclic) bond motifs is 1. The number of aromatic nitrogens is 2. The van der Waals surface area contributed by atoms with E-state index in [1.807, 2.05) is 31.3 Å². The van der Waals surface area contributed by atoms with Crippen molar-refractivity contribution in [3.05, 3.63) is 40.5 Å². The maximum Gasteiger partial charge on any atom is 0.350 e. The number of benzene rings is 1. The van der Waals surface area contributed by atoms with E-state index < -0.39 is 0 Å². The van der Waals surface area contributed by atoms with E-state index in [0.717, 1.165) is 28.0 Å². The molecule has 27 heavy (non-hydrogen) atoms. The number of carbonyl (C=O) groups excluding carboxylic acids is 1. The second-order valence-electron chi connectivity index (χ2n) is 7.73. The van der Waals surface area contributed by atoms with Gasteiger partial charge in [0.1, 0.15) is 16.0 Å². The predicted octanol–water partition coefficient (Wildman–Crippen LogP) is 5.17. The lowest BCUT2D eigenvalue weighted by Crippen LogP contribution is -2.14. The van der Waals surface area contributed by atoms with Crippen molar-refractivity contribution in [2.45, 2.75) is 41.2 Å². The smallest absolute Gasteiger partial charge is 0.350 e. The number of rotatable bonds is 4. The number of nitrogens with zero attached hydrogens (tertiary/aromatic N) is 3. The van der Waals surface area contributed by atoms with Gasteiger partial charge in [0.25, 0.3) is 0 Å². The van der Waals surface area contributed by atoms with Crippen LogP contribution in [-0.2, 0) is 11.3 Å². The lowest BCUT2D eigenvalue weighted by Gasteiger charge is -2.19. The van der Waals surface area contributed by atoms with Gasteiger partial charge in [-0.1, -0.05) is 20.8 Å². The molecule has 0 spiro atoms. The molecule has 0 fully saturated rings. The van der Waals surface area contributed by atoms with Crippen LogP contribution in [0.2, 0.25) is 0 Å². The molecular formula is C21H23N3O2S. The Morgan fingerprint density at radius 3 is 2.74 bits per heavy atom. The summed E-state index contributed by atoms with van der Waals surface area (Å²) in [6.45, 7) is 11.3. The molecule has 0 aliphatic rings. The number of hydrogen-bond acceptors (Lipinski definition) is 5. The summed E-state index contributed by atoms with van der Waals surface area (Å²) >= 11 is 1.32. The first-order valence-corrected chi connectivity index (χ1v) is 9.73. The fourth-order valence-corrected chi connectivity index (χ4v) is 4.02. The monoisotopic (exact) mass is 381 g/mol. The van der Waals surface area contributed by atoms with Crippen LogP contribution in [0.15, 0.2) is 24.4 Å². The van der Waals surface area contributed by atoms with E-state index in [-0.39, 0.29) is 11.4 Å². The van der Waals surface area contributed by atoms with Gasteiger partial charge in [-0.05, 0) is 37.5 Å². The van der Waals surface area contributed by atoms with Crippen LogP contribution in [0.4, 0.5) is 0 Å². The Kier molecular flexibility index (Phi) is 5.07. The van der Waals surface area contributed by atoms with Gasteiger partial charge >= 0.3 is 5.97 Å². The first-order valence-electron chi connectivity index (χ1n) is 8.91. The second kappa shape index (κ2) is 7.16. The van der Waals surface area contributed by atoms with E-state index in [1.54, 1.807) is 6.92 Å².